The average molecular weight is 354 g/mol. The second kappa shape index (κ2) is 8.88. The molecule has 1 heterocycles. The molecule has 1 aromatic heterocycles. The number of hydrogen-bond acceptors (Lipinski definition) is 2. The van der Waals surface area contributed by atoms with Crippen molar-refractivity contribution in [2.24, 2.45) is 4.99 Å². The van der Waals surface area contributed by atoms with Crippen LogP contribution in [0.2, 0.25) is 0 Å². The van der Waals surface area contributed by atoms with E-state index in [1.165, 1.54) is 36.1 Å². The van der Waals surface area contributed by atoms with E-state index >= 15 is 0 Å². The van der Waals surface area contributed by atoms with Crippen LogP contribution in [0.3, 0.4) is 0 Å². The van der Waals surface area contributed by atoms with Crippen LogP contribution in [0.5, 0.6) is 0 Å². The maximum absolute atomic E-state index is 4.91. The van der Waals surface area contributed by atoms with Crippen LogP contribution >= 0.6 is 0 Å². The zero-order valence-corrected chi connectivity index (χ0v) is 16.0. The first kappa shape index (κ1) is 18.5. The molecule has 0 radical (unpaired) electrons. The molecule has 0 bridgehead atoms. The average Bonchev–Trinajstić information content (AvgIpc) is 3.03. The normalized spacial score (nSPS) is 16.2. The molecule has 140 valence electrons. The number of aliphatic imine (C=N–C) groups is 1. The van der Waals surface area contributed by atoms with E-state index in [0.717, 1.165) is 38.4 Å². The number of aryl methyl sites for hydroxylation is 2. The predicted octanol–water partition coefficient (Wildman–Crippen LogP) is 3.33. The molecule has 0 aliphatic heterocycles. The molecule has 0 amide bonds. The zero-order chi connectivity index (χ0) is 18.2. The summed E-state index contributed by atoms with van der Waals surface area (Å²) in [7, 11) is 0. The molecular weight excluding hydrogens is 322 g/mol. The maximum atomic E-state index is 4.91. The largest absolute Gasteiger partial charge is 0.357 e. The maximum Gasteiger partial charge on any atom is 0.191 e. The molecule has 26 heavy (non-hydrogen) atoms. The van der Waals surface area contributed by atoms with E-state index in [4.69, 9.17) is 4.99 Å². The quantitative estimate of drug-likeness (QED) is 0.387. The van der Waals surface area contributed by atoms with Gasteiger partial charge in [0.05, 0.1) is 12.7 Å². The molecule has 0 saturated heterocycles. The molecule has 0 atom stereocenters. The lowest BCUT2D eigenvalue weighted by molar-refractivity contribution is 0.253. The Labute approximate surface area is 156 Å². The van der Waals surface area contributed by atoms with Crippen LogP contribution in [-0.2, 0) is 11.8 Å². The van der Waals surface area contributed by atoms with Crippen molar-refractivity contribution in [3.63, 3.8) is 0 Å². The summed E-state index contributed by atoms with van der Waals surface area (Å²) in [5, 5.41) is 13.9. The van der Waals surface area contributed by atoms with Crippen molar-refractivity contribution in [3.8, 4) is 0 Å². The van der Waals surface area contributed by atoms with E-state index < -0.39 is 0 Å². The van der Waals surface area contributed by atoms with Gasteiger partial charge in [-0.3, -0.25) is 10.1 Å². The summed E-state index contributed by atoms with van der Waals surface area (Å²) in [6.45, 7) is 6.83. The number of benzene rings is 1. The molecule has 2 aromatic rings. The number of hydrogen-bond donors (Lipinski definition) is 3. The van der Waals surface area contributed by atoms with Crippen molar-refractivity contribution >= 4 is 5.96 Å². The fourth-order valence-electron chi connectivity index (χ4n) is 3.62. The molecule has 5 nitrogen and oxygen atoms in total. The van der Waals surface area contributed by atoms with Gasteiger partial charge in [-0.2, -0.15) is 5.10 Å². The minimum atomic E-state index is 0.234. The van der Waals surface area contributed by atoms with Crippen molar-refractivity contribution in [3.05, 3.63) is 53.3 Å². The third kappa shape index (κ3) is 4.45. The molecule has 3 rings (SSSR count). The molecular formula is C21H31N5. The summed E-state index contributed by atoms with van der Waals surface area (Å²) < 4.78 is 0. The number of aromatic nitrogens is 2. The predicted molar refractivity (Wildman–Crippen MR) is 108 cm³/mol. The standard InChI is InChI=1S/C21H31N5/c1-3-22-20(23-14-7-9-18-15-25-26-17(18)2)24-16-21(12-8-13-21)19-10-5-4-6-11-19/h4-6,10-11,15H,3,7-9,12-14,16H2,1-2H3,(H,25,26)(H2,22,23,24). The Bertz CT molecular complexity index is 700. The van der Waals surface area contributed by atoms with Gasteiger partial charge in [-0.15, -0.1) is 0 Å². The fraction of sp³-hybridized carbons (Fsp3) is 0.524. The smallest absolute Gasteiger partial charge is 0.191 e. The number of aromatic amines is 1. The lowest BCUT2D eigenvalue weighted by Gasteiger charge is -2.41. The molecule has 5 heteroatoms. The highest BCUT2D eigenvalue weighted by atomic mass is 15.2. The Kier molecular flexibility index (Phi) is 6.31. The molecule has 1 aliphatic rings. The van der Waals surface area contributed by atoms with Crippen LogP contribution in [0.25, 0.3) is 0 Å². The van der Waals surface area contributed by atoms with Gasteiger partial charge < -0.3 is 10.6 Å². The molecule has 0 spiro atoms. The molecule has 1 aliphatic carbocycles. The van der Waals surface area contributed by atoms with Gasteiger partial charge >= 0.3 is 0 Å². The third-order valence-electron chi connectivity index (χ3n) is 5.43. The van der Waals surface area contributed by atoms with Crippen LogP contribution in [0.1, 0.15) is 49.4 Å². The highest BCUT2D eigenvalue weighted by molar-refractivity contribution is 5.79. The third-order valence-corrected chi connectivity index (χ3v) is 5.43. The van der Waals surface area contributed by atoms with Crippen molar-refractivity contribution in [2.75, 3.05) is 19.6 Å². The number of guanidine groups is 1. The van der Waals surface area contributed by atoms with Gasteiger partial charge in [0.1, 0.15) is 0 Å². The molecule has 0 unspecified atom stereocenters. The minimum absolute atomic E-state index is 0.234. The lowest BCUT2D eigenvalue weighted by atomic mass is 9.64. The summed E-state index contributed by atoms with van der Waals surface area (Å²) in [5.74, 6) is 0.929. The zero-order valence-electron chi connectivity index (χ0n) is 16.0. The molecule has 1 saturated carbocycles. The van der Waals surface area contributed by atoms with Gasteiger partial charge in [-0.1, -0.05) is 36.8 Å². The first-order chi connectivity index (χ1) is 12.7. The SMILES string of the molecule is CCNC(=NCC1(c2ccccc2)CCC1)NCCCc1cn[nH]c1C. The van der Waals surface area contributed by atoms with Gasteiger partial charge in [-0.25, -0.2) is 0 Å². The van der Waals surface area contributed by atoms with E-state index in [1.54, 1.807) is 0 Å². The lowest BCUT2D eigenvalue weighted by Crippen LogP contribution is -2.42. The van der Waals surface area contributed by atoms with E-state index in [2.05, 4.69) is 65.0 Å². The van der Waals surface area contributed by atoms with Crippen LogP contribution in [-0.4, -0.2) is 35.8 Å². The number of nitrogens with one attached hydrogen (secondary N) is 3. The van der Waals surface area contributed by atoms with Gasteiger partial charge in [-0.05, 0) is 50.7 Å². The van der Waals surface area contributed by atoms with Crippen molar-refractivity contribution in [1.29, 1.82) is 0 Å². The van der Waals surface area contributed by atoms with Crippen molar-refractivity contribution in [2.45, 2.75) is 51.4 Å². The summed E-state index contributed by atoms with van der Waals surface area (Å²) >= 11 is 0. The summed E-state index contributed by atoms with van der Waals surface area (Å²) in [5.41, 5.74) is 4.13. The highest BCUT2D eigenvalue weighted by Crippen LogP contribution is 2.43. The highest BCUT2D eigenvalue weighted by Gasteiger charge is 2.38. The van der Waals surface area contributed by atoms with Crippen LogP contribution in [0.15, 0.2) is 41.5 Å². The van der Waals surface area contributed by atoms with Crippen LogP contribution < -0.4 is 10.6 Å². The van der Waals surface area contributed by atoms with E-state index in [0.29, 0.717) is 0 Å². The Morgan fingerprint density at radius 3 is 2.65 bits per heavy atom. The first-order valence-corrected chi connectivity index (χ1v) is 9.80. The van der Waals surface area contributed by atoms with Crippen molar-refractivity contribution in [1.82, 2.24) is 20.8 Å². The van der Waals surface area contributed by atoms with Gasteiger partial charge in [0, 0.05) is 24.2 Å². The second-order valence-electron chi connectivity index (χ2n) is 7.25. The summed E-state index contributed by atoms with van der Waals surface area (Å²) in [6, 6.07) is 10.9. The van der Waals surface area contributed by atoms with Crippen molar-refractivity contribution < 1.29 is 0 Å². The van der Waals surface area contributed by atoms with Gasteiger partial charge in [0.25, 0.3) is 0 Å². The van der Waals surface area contributed by atoms with Gasteiger partial charge in [0.2, 0.25) is 0 Å². The Hall–Kier alpha value is -2.30. The number of nitrogens with zero attached hydrogens (tertiary/aromatic N) is 2. The minimum Gasteiger partial charge on any atom is -0.357 e. The summed E-state index contributed by atoms with van der Waals surface area (Å²) in [4.78, 5) is 4.91. The Morgan fingerprint density at radius 1 is 1.23 bits per heavy atom. The molecule has 3 N–H and O–H groups in total. The Balaban J connectivity index is 1.54. The van der Waals surface area contributed by atoms with Gasteiger partial charge in [0.15, 0.2) is 5.96 Å². The monoisotopic (exact) mass is 353 g/mol. The van der Waals surface area contributed by atoms with E-state index in [-0.39, 0.29) is 5.41 Å². The second-order valence-corrected chi connectivity index (χ2v) is 7.25. The molecule has 1 fully saturated rings. The first-order valence-electron chi connectivity index (χ1n) is 9.80. The topological polar surface area (TPSA) is 65.1 Å². The van der Waals surface area contributed by atoms with E-state index in [9.17, 15) is 0 Å². The van der Waals surface area contributed by atoms with Crippen LogP contribution in [0, 0.1) is 6.92 Å². The number of rotatable bonds is 8. The van der Waals surface area contributed by atoms with Crippen LogP contribution in [0.4, 0.5) is 0 Å². The fourth-order valence-corrected chi connectivity index (χ4v) is 3.62. The Morgan fingerprint density at radius 2 is 2.04 bits per heavy atom. The summed E-state index contributed by atoms with van der Waals surface area (Å²) in [6.07, 6.45) is 7.80. The van der Waals surface area contributed by atoms with E-state index in [1.807, 2.05) is 6.20 Å². The molecule has 1 aromatic carbocycles. The number of H-pyrrole nitrogens is 1.